The fraction of sp³-hybridized carbons (Fsp3) is 0.118. The molecule has 8 heteroatoms. The van der Waals surface area contributed by atoms with Crippen LogP contribution in [0.15, 0.2) is 41.9 Å². The van der Waals surface area contributed by atoms with Crippen molar-refractivity contribution in [3.05, 3.63) is 58.3 Å². The Balaban J connectivity index is 1.54. The van der Waals surface area contributed by atoms with Gasteiger partial charge in [-0.2, -0.15) is 0 Å². The molecule has 2 heterocycles. The molecular formula is C17H14ClN3O3S. The second-order valence-electron chi connectivity index (χ2n) is 5.20. The number of fused-ring (bicyclic) bond motifs is 1. The molecule has 3 rings (SSSR count). The third-order valence-corrected chi connectivity index (χ3v) is 4.35. The fourth-order valence-corrected chi connectivity index (χ4v) is 3.10. The summed E-state index contributed by atoms with van der Waals surface area (Å²) in [5.41, 5.74) is 2.32. The van der Waals surface area contributed by atoms with E-state index in [1.54, 1.807) is 22.7 Å². The Bertz CT molecular complexity index is 944. The first kappa shape index (κ1) is 17.2. The SMILES string of the molecule is Cc1ccc(NC(=O)COC(=O)/C=C/c2c(Cl)nc3sccn23)cc1. The van der Waals surface area contributed by atoms with Crippen LogP contribution < -0.4 is 5.32 Å². The number of anilines is 1. The maximum atomic E-state index is 11.8. The Hall–Kier alpha value is -2.64. The Kier molecular flexibility index (Phi) is 5.16. The van der Waals surface area contributed by atoms with Crippen LogP contribution in [-0.2, 0) is 14.3 Å². The molecule has 3 aromatic rings. The number of nitrogens with one attached hydrogen (secondary N) is 1. The Morgan fingerprint density at radius 2 is 2.12 bits per heavy atom. The fourth-order valence-electron chi connectivity index (χ4n) is 2.09. The summed E-state index contributed by atoms with van der Waals surface area (Å²) in [7, 11) is 0. The highest BCUT2D eigenvalue weighted by Gasteiger charge is 2.10. The van der Waals surface area contributed by atoms with Gasteiger partial charge in [0.15, 0.2) is 16.7 Å². The normalized spacial score (nSPS) is 11.1. The number of aryl methyl sites for hydroxylation is 1. The Morgan fingerprint density at radius 3 is 2.88 bits per heavy atom. The van der Waals surface area contributed by atoms with Gasteiger partial charge in [0.25, 0.3) is 5.91 Å². The highest BCUT2D eigenvalue weighted by molar-refractivity contribution is 7.15. The van der Waals surface area contributed by atoms with Crippen molar-refractivity contribution in [1.29, 1.82) is 0 Å². The second-order valence-corrected chi connectivity index (χ2v) is 6.43. The van der Waals surface area contributed by atoms with Crippen LogP contribution in [0.5, 0.6) is 0 Å². The van der Waals surface area contributed by atoms with Crippen LogP contribution in [0.3, 0.4) is 0 Å². The molecule has 0 saturated heterocycles. The first-order valence-corrected chi connectivity index (χ1v) is 8.61. The second kappa shape index (κ2) is 7.50. The molecule has 0 atom stereocenters. The van der Waals surface area contributed by atoms with Crippen molar-refractivity contribution in [2.45, 2.75) is 6.92 Å². The van der Waals surface area contributed by atoms with Gasteiger partial charge in [0.1, 0.15) is 0 Å². The van der Waals surface area contributed by atoms with E-state index in [4.69, 9.17) is 16.3 Å². The molecule has 0 aliphatic rings. The van der Waals surface area contributed by atoms with Gasteiger partial charge in [0.05, 0.1) is 5.69 Å². The summed E-state index contributed by atoms with van der Waals surface area (Å²) in [5, 5.41) is 4.81. The zero-order valence-electron chi connectivity index (χ0n) is 13.2. The van der Waals surface area contributed by atoms with Gasteiger partial charge >= 0.3 is 5.97 Å². The lowest BCUT2D eigenvalue weighted by molar-refractivity contribution is -0.142. The van der Waals surface area contributed by atoms with Crippen LogP contribution in [0.4, 0.5) is 5.69 Å². The summed E-state index contributed by atoms with van der Waals surface area (Å²) in [6.45, 7) is 1.58. The highest BCUT2D eigenvalue weighted by Crippen LogP contribution is 2.22. The smallest absolute Gasteiger partial charge is 0.331 e. The number of hydrogen-bond acceptors (Lipinski definition) is 5. The van der Waals surface area contributed by atoms with Crippen molar-refractivity contribution in [1.82, 2.24) is 9.38 Å². The van der Waals surface area contributed by atoms with Crippen LogP contribution in [0.1, 0.15) is 11.3 Å². The van der Waals surface area contributed by atoms with Gasteiger partial charge in [-0.25, -0.2) is 9.78 Å². The predicted octanol–water partition coefficient (Wildman–Crippen LogP) is 3.55. The molecule has 1 N–H and O–H groups in total. The molecular weight excluding hydrogens is 362 g/mol. The van der Waals surface area contributed by atoms with Gasteiger partial charge in [0.2, 0.25) is 0 Å². The highest BCUT2D eigenvalue weighted by atomic mass is 35.5. The van der Waals surface area contributed by atoms with Gasteiger partial charge in [0, 0.05) is 23.3 Å². The number of imidazole rings is 1. The zero-order valence-corrected chi connectivity index (χ0v) is 14.8. The van der Waals surface area contributed by atoms with Crippen LogP contribution in [0.2, 0.25) is 5.15 Å². The van der Waals surface area contributed by atoms with Crippen LogP contribution in [0.25, 0.3) is 11.0 Å². The quantitative estimate of drug-likeness (QED) is 0.546. The van der Waals surface area contributed by atoms with Crippen LogP contribution in [0, 0.1) is 6.92 Å². The molecule has 0 saturated carbocycles. The molecule has 0 fully saturated rings. The van der Waals surface area contributed by atoms with Crippen LogP contribution in [-0.4, -0.2) is 27.9 Å². The maximum absolute atomic E-state index is 11.8. The molecule has 25 heavy (non-hydrogen) atoms. The lowest BCUT2D eigenvalue weighted by Crippen LogP contribution is -2.20. The van der Waals surface area contributed by atoms with E-state index < -0.39 is 11.9 Å². The molecule has 128 valence electrons. The molecule has 1 aromatic carbocycles. The van der Waals surface area contributed by atoms with E-state index in [0.29, 0.717) is 16.5 Å². The minimum Gasteiger partial charge on any atom is -0.452 e. The van der Waals surface area contributed by atoms with Gasteiger partial charge < -0.3 is 10.1 Å². The number of benzene rings is 1. The number of halogens is 1. The molecule has 6 nitrogen and oxygen atoms in total. The number of aromatic nitrogens is 2. The van der Waals surface area contributed by atoms with E-state index in [9.17, 15) is 9.59 Å². The predicted molar refractivity (Wildman–Crippen MR) is 97.9 cm³/mol. The first-order chi connectivity index (χ1) is 12.0. The Morgan fingerprint density at radius 1 is 1.36 bits per heavy atom. The van der Waals surface area contributed by atoms with E-state index in [2.05, 4.69) is 10.3 Å². The molecule has 0 unspecified atom stereocenters. The summed E-state index contributed by atoms with van der Waals surface area (Å²) in [6, 6.07) is 7.32. The van der Waals surface area contributed by atoms with Crippen molar-refractivity contribution < 1.29 is 14.3 Å². The zero-order chi connectivity index (χ0) is 17.8. The summed E-state index contributed by atoms with van der Waals surface area (Å²) in [6.07, 6.45) is 4.53. The number of ether oxygens (including phenoxy) is 1. The van der Waals surface area contributed by atoms with Crippen molar-refractivity contribution in [3.8, 4) is 0 Å². The number of esters is 1. The molecule has 0 spiro atoms. The third kappa shape index (κ3) is 4.26. The van der Waals surface area contributed by atoms with Crippen molar-refractivity contribution in [3.63, 3.8) is 0 Å². The number of rotatable bonds is 5. The summed E-state index contributed by atoms with van der Waals surface area (Å²) in [5.74, 6) is -1.05. The van der Waals surface area contributed by atoms with Gasteiger partial charge in [-0.15, -0.1) is 11.3 Å². The van der Waals surface area contributed by atoms with E-state index in [1.807, 2.05) is 24.4 Å². The van der Waals surface area contributed by atoms with Gasteiger partial charge in [-0.05, 0) is 25.1 Å². The monoisotopic (exact) mass is 375 g/mol. The van der Waals surface area contributed by atoms with Crippen molar-refractivity contribution >= 4 is 51.5 Å². The van der Waals surface area contributed by atoms with Crippen molar-refractivity contribution in [2.24, 2.45) is 0 Å². The molecule has 1 amide bonds. The molecule has 0 radical (unpaired) electrons. The van der Waals surface area contributed by atoms with Gasteiger partial charge in [-0.1, -0.05) is 29.3 Å². The van der Waals surface area contributed by atoms with E-state index in [0.717, 1.165) is 10.5 Å². The molecule has 0 aliphatic carbocycles. The summed E-state index contributed by atoms with van der Waals surface area (Å²) < 4.78 is 6.69. The van der Waals surface area contributed by atoms with E-state index >= 15 is 0 Å². The topological polar surface area (TPSA) is 72.7 Å². The lowest BCUT2D eigenvalue weighted by atomic mass is 10.2. The van der Waals surface area contributed by atoms with Crippen LogP contribution >= 0.6 is 22.9 Å². The average Bonchev–Trinajstić information content (AvgIpc) is 3.14. The molecule has 2 aromatic heterocycles. The van der Waals surface area contributed by atoms with Crippen molar-refractivity contribution in [2.75, 3.05) is 11.9 Å². The number of carbonyl (C=O) groups excluding carboxylic acids is 2. The van der Waals surface area contributed by atoms with E-state index in [-0.39, 0.29) is 6.61 Å². The standard InChI is InChI=1S/C17H14ClN3O3S/c1-11-2-4-12(5-3-11)19-14(22)10-24-15(23)7-6-13-16(18)20-17-21(13)8-9-25-17/h2-9H,10H2,1H3,(H,19,22)/b7-6+. The molecule has 0 bridgehead atoms. The number of hydrogen-bond donors (Lipinski definition) is 1. The number of thiazole rings is 1. The maximum Gasteiger partial charge on any atom is 0.331 e. The lowest BCUT2D eigenvalue weighted by Gasteiger charge is -2.05. The number of carbonyl (C=O) groups is 2. The molecule has 0 aliphatic heterocycles. The Labute approximate surface area is 152 Å². The number of amides is 1. The minimum atomic E-state index is -0.639. The summed E-state index contributed by atoms with van der Waals surface area (Å²) >= 11 is 7.47. The summed E-state index contributed by atoms with van der Waals surface area (Å²) in [4.78, 5) is 28.4. The first-order valence-electron chi connectivity index (χ1n) is 7.35. The van der Waals surface area contributed by atoms with E-state index in [1.165, 1.54) is 23.5 Å². The largest absolute Gasteiger partial charge is 0.452 e. The third-order valence-electron chi connectivity index (χ3n) is 3.31. The van der Waals surface area contributed by atoms with Gasteiger partial charge in [-0.3, -0.25) is 9.20 Å². The number of nitrogens with zero attached hydrogens (tertiary/aromatic N) is 2. The average molecular weight is 376 g/mol. The minimum absolute atomic E-state index is 0.299.